The van der Waals surface area contributed by atoms with Gasteiger partial charge in [0.25, 0.3) is 5.91 Å². The first-order valence-corrected chi connectivity index (χ1v) is 11.0. The van der Waals surface area contributed by atoms with Crippen LogP contribution in [0.5, 0.6) is 11.5 Å². The molecule has 1 aliphatic rings. The SMILES string of the molecule is COc1cc2c(cc1OC)C(c1ccc(C(=O)NCc3ccncc3)cc1)=CN(C)C(C)C2. The summed E-state index contributed by atoms with van der Waals surface area (Å²) in [6.07, 6.45) is 6.50. The fourth-order valence-electron chi connectivity index (χ4n) is 4.02. The smallest absolute Gasteiger partial charge is 0.251 e. The third-order valence-corrected chi connectivity index (χ3v) is 6.10. The van der Waals surface area contributed by atoms with Crippen LogP contribution in [0.25, 0.3) is 5.57 Å². The molecule has 0 saturated carbocycles. The van der Waals surface area contributed by atoms with Crippen molar-refractivity contribution in [2.45, 2.75) is 25.9 Å². The highest BCUT2D eigenvalue weighted by Crippen LogP contribution is 2.38. The quantitative estimate of drug-likeness (QED) is 0.616. The standard InChI is InChI=1S/C27H29N3O3/c1-18-13-22-14-25(32-3)26(33-4)15-23(22)24(17-30(18)2)20-5-7-21(8-6-20)27(31)29-16-19-9-11-28-12-10-19/h5-12,14-15,17-18H,13,16H2,1-4H3,(H,29,31). The summed E-state index contributed by atoms with van der Waals surface area (Å²) in [6, 6.07) is 16.0. The van der Waals surface area contributed by atoms with Gasteiger partial charge in [-0.05, 0) is 72.0 Å². The predicted molar refractivity (Wildman–Crippen MR) is 129 cm³/mol. The largest absolute Gasteiger partial charge is 0.493 e. The molecule has 1 atom stereocenters. The third kappa shape index (κ3) is 4.85. The summed E-state index contributed by atoms with van der Waals surface area (Å²) in [7, 11) is 5.40. The average molecular weight is 444 g/mol. The van der Waals surface area contributed by atoms with Gasteiger partial charge in [0.05, 0.1) is 14.2 Å². The van der Waals surface area contributed by atoms with Gasteiger partial charge in [-0.25, -0.2) is 0 Å². The Morgan fingerprint density at radius 3 is 2.39 bits per heavy atom. The van der Waals surface area contributed by atoms with Crippen molar-refractivity contribution in [1.82, 2.24) is 15.2 Å². The number of ether oxygens (including phenoxy) is 2. The monoisotopic (exact) mass is 443 g/mol. The molecule has 3 aromatic rings. The Morgan fingerprint density at radius 2 is 1.73 bits per heavy atom. The van der Waals surface area contributed by atoms with Gasteiger partial charge >= 0.3 is 0 Å². The molecule has 1 aliphatic heterocycles. The zero-order valence-electron chi connectivity index (χ0n) is 19.5. The number of pyridine rings is 1. The molecule has 0 spiro atoms. The number of carbonyl (C=O) groups excluding carboxylic acids is 1. The maximum Gasteiger partial charge on any atom is 0.251 e. The van der Waals surface area contributed by atoms with E-state index in [-0.39, 0.29) is 5.91 Å². The summed E-state index contributed by atoms with van der Waals surface area (Å²) in [5, 5.41) is 2.96. The molecule has 6 nitrogen and oxygen atoms in total. The van der Waals surface area contributed by atoms with Crippen molar-refractivity contribution in [2.24, 2.45) is 0 Å². The Labute approximate surface area is 194 Å². The lowest BCUT2D eigenvalue weighted by Crippen LogP contribution is -2.24. The van der Waals surface area contributed by atoms with Gasteiger partial charge < -0.3 is 19.7 Å². The van der Waals surface area contributed by atoms with Crippen LogP contribution < -0.4 is 14.8 Å². The van der Waals surface area contributed by atoms with Crippen LogP contribution in [0.3, 0.4) is 0 Å². The molecule has 0 bridgehead atoms. The maximum absolute atomic E-state index is 12.6. The van der Waals surface area contributed by atoms with E-state index in [1.165, 1.54) is 5.56 Å². The van der Waals surface area contributed by atoms with Crippen LogP contribution >= 0.6 is 0 Å². The molecule has 170 valence electrons. The fourth-order valence-corrected chi connectivity index (χ4v) is 4.02. The van der Waals surface area contributed by atoms with Gasteiger partial charge in [-0.1, -0.05) is 12.1 Å². The molecule has 4 rings (SSSR count). The van der Waals surface area contributed by atoms with Crippen LogP contribution in [0.15, 0.2) is 67.1 Å². The highest BCUT2D eigenvalue weighted by Gasteiger charge is 2.22. The molecule has 1 aromatic heterocycles. The fraction of sp³-hybridized carbons (Fsp3) is 0.259. The number of likely N-dealkylation sites (N-methyl/N-ethyl adjacent to an activating group) is 1. The van der Waals surface area contributed by atoms with Gasteiger partial charge in [0.1, 0.15) is 0 Å². The van der Waals surface area contributed by atoms with E-state index in [2.05, 4.69) is 41.4 Å². The first-order chi connectivity index (χ1) is 16.0. The lowest BCUT2D eigenvalue weighted by atomic mass is 9.92. The topological polar surface area (TPSA) is 63.7 Å². The number of nitrogens with one attached hydrogen (secondary N) is 1. The predicted octanol–water partition coefficient (Wildman–Crippen LogP) is 4.29. The maximum atomic E-state index is 12.6. The number of fused-ring (bicyclic) bond motifs is 1. The molecule has 2 heterocycles. The molecule has 0 saturated heterocycles. The van der Waals surface area contributed by atoms with E-state index in [1.807, 2.05) is 42.5 Å². The zero-order chi connectivity index (χ0) is 23.4. The minimum atomic E-state index is -0.106. The molecular weight excluding hydrogens is 414 g/mol. The summed E-state index contributed by atoms with van der Waals surface area (Å²) in [6.45, 7) is 2.67. The van der Waals surface area contributed by atoms with E-state index >= 15 is 0 Å². The van der Waals surface area contributed by atoms with Gasteiger partial charge in [-0.3, -0.25) is 9.78 Å². The Balaban J connectivity index is 1.62. The van der Waals surface area contributed by atoms with Gasteiger partial charge in [-0.2, -0.15) is 0 Å². The molecule has 2 aromatic carbocycles. The molecule has 1 amide bonds. The number of amides is 1. The number of nitrogens with zero attached hydrogens (tertiary/aromatic N) is 2. The number of hydrogen-bond donors (Lipinski definition) is 1. The number of benzene rings is 2. The van der Waals surface area contributed by atoms with Crippen molar-refractivity contribution in [2.75, 3.05) is 21.3 Å². The summed E-state index contributed by atoms with van der Waals surface area (Å²) in [5.41, 5.74) is 6.07. The average Bonchev–Trinajstić information content (AvgIpc) is 2.97. The lowest BCUT2D eigenvalue weighted by molar-refractivity contribution is 0.0951. The van der Waals surface area contributed by atoms with Crippen molar-refractivity contribution in [1.29, 1.82) is 0 Å². The Bertz CT molecular complexity index is 1160. The van der Waals surface area contributed by atoms with E-state index in [1.54, 1.807) is 26.6 Å². The Kier molecular flexibility index (Phi) is 6.63. The number of carbonyl (C=O) groups is 1. The number of methoxy groups -OCH3 is 2. The van der Waals surface area contributed by atoms with Gasteiger partial charge in [0, 0.05) is 49.4 Å². The van der Waals surface area contributed by atoms with Crippen molar-refractivity contribution >= 4 is 11.5 Å². The second-order valence-corrected chi connectivity index (χ2v) is 8.24. The van der Waals surface area contributed by atoms with Crippen LogP contribution in [0.2, 0.25) is 0 Å². The van der Waals surface area contributed by atoms with E-state index < -0.39 is 0 Å². The van der Waals surface area contributed by atoms with E-state index in [0.29, 0.717) is 23.9 Å². The molecule has 1 N–H and O–H groups in total. The van der Waals surface area contributed by atoms with Crippen molar-refractivity contribution in [3.8, 4) is 11.5 Å². The van der Waals surface area contributed by atoms with E-state index in [0.717, 1.165) is 34.4 Å². The van der Waals surface area contributed by atoms with Gasteiger partial charge in [0.15, 0.2) is 11.5 Å². The molecule has 0 fully saturated rings. The van der Waals surface area contributed by atoms with Crippen LogP contribution in [0.1, 0.15) is 39.5 Å². The second-order valence-electron chi connectivity index (χ2n) is 8.24. The number of rotatable bonds is 6. The second kappa shape index (κ2) is 9.77. The van der Waals surface area contributed by atoms with Crippen LogP contribution in [0.4, 0.5) is 0 Å². The number of aromatic nitrogens is 1. The van der Waals surface area contributed by atoms with Gasteiger partial charge in [0.2, 0.25) is 0 Å². The van der Waals surface area contributed by atoms with E-state index in [4.69, 9.17) is 9.47 Å². The molecule has 0 radical (unpaired) electrons. The first kappa shape index (κ1) is 22.4. The lowest BCUT2D eigenvalue weighted by Gasteiger charge is -2.21. The Hall–Kier alpha value is -3.80. The normalized spacial score (nSPS) is 15.2. The Morgan fingerprint density at radius 1 is 1.06 bits per heavy atom. The van der Waals surface area contributed by atoms with Crippen LogP contribution in [-0.2, 0) is 13.0 Å². The summed E-state index contributed by atoms with van der Waals surface area (Å²) in [4.78, 5) is 18.9. The molecule has 0 aliphatic carbocycles. The van der Waals surface area contributed by atoms with Crippen molar-refractivity contribution in [3.05, 3.63) is 94.9 Å². The molecule has 6 heteroatoms. The molecular formula is C27H29N3O3. The summed E-state index contributed by atoms with van der Waals surface area (Å²) < 4.78 is 11.1. The van der Waals surface area contributed by atoms with Crippen LogP contribution in [-0.4, -0.2) is 43.1 Å². The highest BCUT2D eigenvalue weighted by atomic mass is 16.5. The minimum absolute atomic E-state index is 0.106. The van der Waals surface area contributed by atoms with Crippen molar-refractivity contribution < 1.29 is 14.3 Å². The third-order valence-electron chi connectivity index (χ3n) is 6.10. The first-order valence-electron chi connectivity index (χ1n) is 11.0. The van der Waals surface area contributed by atoms with Crippen LogP contribution in [0, 0.1) is 0 Å². The van der Waals surface area contributed by atoms with Crippen molar-refractivity contribution in [3.63, 3.8) is 0 Å². The minimum Gasteiger partial charge on any atom is -0.493 e. The van der Waals surface area contributed by atoms with Gasteiger partial charge in [-0.15, -0.1) is 0 Å². The molecule has 1 unspecified atom stereocenters. The number of hydrogen-bond acceptors (Lipinski definition) is 5. The highest BCUT2D eigenvalue weighted by molar-refractivity contribution is 5.95. The zero-order valence-corrected chi connectivity index (χ0v) is 19.5. The van der Waals surface area contributed by atoms with E-state index in [9.17, 15) is 4.79 Å². The summed E-state index contributed by atoms with van der Waals surface area (Å²) >= 11 is 0. The summed E-state index contributed by atoms with van der Waals surface area (Å²) in [5.74, 6) is 1.32. The molecule has 33 heavy (non-hydrogen) atoms.